The fourth-order valence-electron chi connectivity index (χ4n) is 8.15. The number of ether oxygens (including phenoxy) is 1. The van der Waals surface area contributed by atoms with Gasteiger partial charge in [-0.05, 0) is 87.0 Å². The molecule has 0 aliphatic carbocycles. The van der Waals surface area contributed by atoms with Crippen LogP contribution in [0.4, 0.5) is 0 Å². The Morgan fingerprint density at radius 2 is 0.941 bits per heavy atom. The third-order valence-corrected chi connectivity index (χ3v) is 10.4. The zero-order valence-electron chi connectivity index (χ0n) is 27.8. The lowest BCUT2D eigenvalue weighted by atomic mass is 9.63. The number of hydrogen-bond acceptors (Lipinski definition) is 2. The molecular weight excluding hydrogens is 621 g/mol. The van der Waals surface area contributed by atoms with Gasteiger partial charge < -0.3 is 9.15 Å². The van der Waals surface area contributed by atoms with Crippen LogP contribution in [0, 0.1) is 0 Å². The highest BCUT2D eigenvalue weighted by molar-refractivity contribution is 6.12. The molecule has 10 rings (SSSR count). The van der Waals surface area contributed by atoms with Crippen LogP contribution in [0.15, 0.2) is 199 Å². The monoisotopic (exact) mass is 652 g/mol. The maximum Gasteiger partial charge on any atom is 0.136 e. The minimum atomic E-state index is -0.555. The van der Waals surface area contributed by atoms with E-state index in [-0.39, 0.29) is 0 Å². The second-order valence-electron chi connectivity index (χ2n) is 13.2. The highest BCUT2D eigenvalue weighted by Gasteiger charge is 2.45. The molecule has 0 spiro atoms. The lowest BCUT2D eigenvalue weighted by molar-refractivity contribution is 0.435. The van der Waals surface area contributed by atoms with Crippen molar-refractivity contribution in [3.63, 3.8) is 0 Å². The van der Waals surface area contributed by atoms with Crippen LogP contribution in [0.1, 0.15) is 22.3 Å². The average molecular weight is 653 g/mol. The van der Waals surface area contributed by atoms with Crippen LogP contribution < -0.4 is 4.74 Å². The molecule has 0 fully saturated rings. The molecule has 1 aliphatic rings. The first-order valence-corrected chi connectivity index (χ1v) is 17.4. The molecule has 8 aromatic carbocycles. The Bertz CT molecular complexity index is 2670. The molecule has 51 heavy (non-hydrogen) atoms. The SMILES string of the molecule is c1ccc(-c2cc(-c3ccc4c(c3)Oc3ccccc3C4(c3ccccc3)c3ccccc3)cc(-c3cccc4oc5ccccc5c34)c2)cc1. The Hall–Kier alpha value is -6.64. The van der Waals surface area contributed by atoms with E-state index in [1.54, 1.807) is 0 Å². The van der Waals surface area contributed by atoms with Crippen molar-refractivity contribution < 1.29 is 9.15 Å². The fourth-order valence-corrected chi connectivity index (χ4v) is 8.15. The number of hydrogen-bond donors (Lipinski definition) is 0. The van der Waals surface area contributed by atoms with Crippen molar-refractivity contribution in [2.75, 3.05) is 0 Å². The molecule has 240 valence electrons. The van der Waals surface area contributed by atoms with Gasteiger partial charge in [-0.1, -0.05) is 152 Å². The molecule has 2 nitrogen and oxygen atoms in total. The highest BCUT2D eigenvalue weighted by atomic mass is 16.5. The Kier molecular flexibility index (Phi) is 6.75. The van der Waals surface area contributed by atoms with Gasteiger partial charge in [0.05, 0.1) is 5.41 Å². The van der Waals surface area contributed by atoms with E-state index in [0.717, 1.165) is 72.4 Å². The van der Waals surface area contributed by atoms with Crippen molar-refractivity contribution >= 4 is 21.9 Å². The van der Waals surface area contributed by atoms with E-state index < -0.39 is 5.41 Å². The molecule has 0 saturated heterocycles. The van der Waals surface area contributed by atoms with E-state index in [0.29, 0.717) is 0 Å². The predicted molar refractivity (Wildman–Crippen MR) is 208 cm³/mol. The highest BCUT2D eigenvalue weighted by Crippen LogP contribution is 2.56. The molecule has 0 amide bonds. The van der Waals surface area contributed by atoms with Crippen molar-refractivity contribution in [2.24, 2.45) is 0 Å². The Morgan fingerprint density at radius 3 is 1.71 bits per heavy atom. The molecule has 2 heterocycles. The largest absolute Gasteiger partial charge is 0.457 e. The van der Waals surface area contributed by atoms with Gasteiger partial charge in [0.2, 0.25) is 0 Å². The maximum atomic E-state index is 6.85. The van der Waals surface area contributed by atoms with Gasteiger partial charge in [0.15, 0.2) is 0 Å². The summed E-state index contributed by atoms with van der Waals surface area (Å²) in [6.45, 7) is 0. The summed E-state index contributed by atoms with van der Waals surface area (Å²) in [4.78, 5) is 0. The van der Waals surface area contributed by atoms with E-state index in [2.05, 4.69) is 182 Å². The van der Waals surface area contributed by atoms with Crippen LogP contribution >= 0.6 is 0 Å². The second kappa shape index (κ2) is 11.8. The van der Waals surface area contributed by atoms with E-state index >= 15 is 0 Å². The smallest absolute Gasteiger partial charge is 0.136 e. The normalized spacial score (nSPS) is 13.0. The van der Waals surface area contributed by atoms with Gasteiger partial charge in [0.25, 0.3) is 0 Å². The maximum absolute atomic E-state index is 6.85. The minimum absolute atomic E-state index is 0.555. The van der Waals surface area contributed by atoms with Crippen LogP contribution in [-0.4, -0.2) is 0 Å². The first-order valence-electron chi connectivity index (χ1n) is 17.4. The van der Waals surface area contributed by atoms with E-state index in [1.165, 1.54) is 16.7 Å². The van der Waals surface area contributed by atoms with E-state index in [9.17, 15) is 0 Å². The summed E-state index contributed by atoms with van der Waals surface area (Å²) < 4.78 is 13.2. The summed E-state index contributed by atoms with van der Waals surface area (Å²) in [5.74, 6) is 1.72. The Morgan fingerprint density at radius 1 is 0.353 bits per heavy atom. The first-order chi connectivity index (χ1) is 25.3. The van der Waals surface area contributed by atoms with Crippen molar-refractivity contribution in [3.8, 4) is 44.9 Å². The summed E-state index contributed by atoms with van der Waals surface area (Å²) in [5, 5.41) is 2.25. The molecule has 0 saturated carbocycles. The van der Waals surface area contributed by atoms with Gasteiger partial charge in [-0.3, -0.25) is 0 Å². The summed E-state index contributed by atoms with van der Waals surface area (Å²) in [6.07, 6.45) is 0. The Balaban J connectivity index is 1.21. The minimum Gasteiger partial charge on any atom is -0.457 e. The third kappa shape index (κ3) is 4.65. The topological polar surface area (TPSA) is 22.4 Å². The molecule has 0 unspecified atom stereocenters. The van der Waals surface area contributed by atoms with Crippen molar-refractivity contribution in [1.82, 2.24) is 0 Å². The number of rotatable bonds is 5. The molecule has 0 N–H and O–H groups in total. The molecule has 0 bridgehead atoms. The zero-order valence-corrected chi connectivity index (χ0v) is 27.8. The van der Waals surface area contributed by atoms with Gasteiger partial charge in [0.1, 0.15) is 22.7 Å². The molecule has 9 aromatic rings. The molecular formula is C49H32O2. The van der Waals surface area contributed by atoms with Gasteiger partial charge in [-0.2, -0.15) is 0 Å². The standard InChI is InChI=1S/C49H32O2/c1-4-15-33(16-5-1)35-29-36(31-37(30-35)40-22-14-26-46-48(40)41-21-10-12-24-44(41)50-46)34-27-28-43-47(32-34)51-45-25-13-11-23-42(45)49(43,38-17-6-2-7-18-38)39-19-8-3-9-20-39/h1-32H. The van der Waals surface area contributed by atoms with Gasteiger partial charge in [0, 0.05) is 21.9 Å². The lowest BCUT2D eigenvalue weighted by Gasteiger charge is -2.41. The second-order valence-corrected chi connectivity index (χ2v) is 13.2. The average Bonchev–Trinajstić information content (AvgIpc) is 3.60. The number of benzene rings is 8. The summed E-state index contributed by atoms with van der Waals surface area (Å²) in [6, 6.07) is 69.1. The summed E-state index contributed by atoms with van der Waals surface area (Å²) in [7, 11) is 0. The van der Waals surface area contributed by atoms with Crippen molar-refractivity contribution in [2.45, 2.75) is 5.41 Å². The molecule has 0 atom stereocenters. The third-order valence-electron chi connectivity index (χ3n) is 10.4. The van der Waals surface area contributed by atoms with E-state index in [4.69, 9.17) is 9.15 Å². The zero-order chi connectivity index (χ0) is 33.8. The number of fused-ring (bicyclic) bond motifs is 5. The van der Waals surface area contributed by atoms with Crippen LogP contribution in [0.5, 0.6) is 11.5 Å². The van der Waals surface area contributed by atoms with Gasteiger partial charge >= 0.3 is 0 Å². The lowest BCUT2D eigenvalue weighted by Crippen LogP contribution is -2.34. The molecule has 1 aliphatic heterocycles. The van der Waals surface area contributed by atoms with Gasteiger partial charge in [-0.15, -0.1) is 0 Å². The summed E-state index contributed by atoms with van der Waals surface area (Å²) >= 11 is 0. The molecule has 2 heteroatoms. The van der Waals surface area contributed by atoms with Crippen LogP contribution in [0.3, 0.4) is 0 Å². The van der Waals surface area contributed by atoms with Crippen molar-refractivity contribution in [3.05, 3.63) is 216 Å². The van der Waals surface area contributed by atoms with Crippen molar-refractivity contribution in [1.29, 1.82) is 0 Å². The number of para-hydroxylation sites is 2. The number of furan rings is 1. The fraction of sp³-hybridized carbons (Fsp3) is 0.0204. The van der Waals surface area contributed by atoms with E-state index in [1.807, 2.05) is 12.1 Å². The molecule has 0 radical (unpaired) electrons. The molecule has 1 aromatic heterocycles. The van der Waals surface area contributed by atoms with Gasteiger partial charge in [-0.25, -0.2) is 0 Å². The quantitative estimate of drug-likeness (QED) is 0.185. The Labute approximate surface area is 296 Å². The predicted octanol–water partition coefficient (Wildman–Crippen LogP) is 13.1. The van der Waals surface area contributed by atoms with Crippen LogP contribution in [0.25, 0.3) is 55.3 Å². The van der Waals surface area contributed by atoms with Crippen LogP contribution in [-0.2, 0) is 5.41 Å². The first kappa shape index (κ1) is 29.3. The summed E-state index contributed by atoms with van der Waals surface area (Å²) in [5.41, 5.74) is 12.7. The van der Waals surface area contributed by atoms with Crippen LogP contribution in [0.2, 0.25) is 0 Å².